The molecule has 0 saturated carbocycles. The summed E-state index contributed by atoms with van der Waals surface area (Å²) in [4.78, 5) is 72.7. The number of nitrogens with one attached hydrogen (secondary N) is 4. The summed E-state index contributed by atoms with van der Waals surface area (Å²) in [7, 11) is 1.28. The monoisotopic (exact) mass is 858 g/mol. The Balaban J connectivity index is 1.23. The molecular weight excluding hydrogens is 797 g/mol. The van der Waals surface area contributed by atoms with Gasteiger partial charge in [0.15, 0.2) is 0 Å². The Morgan fingerprint density at radius 1 is 0.905 bits per heavy atom. The molecule has 4 amide bonds. The number of carbonyl (C=O) groups excluding carboxylic acids is 4. The minimum Gasteiger partial charge on any atom is -0.488 e. The molecule has 4 N–H and O–H groups in total. The standard InChI is InChI=1S/C49H62N8O6/c1-10-14-15-16-30(7)44(54-42(58)13-4)48(60)57(22-12-3)31(8)46-50-26-39(52-46)33-17-19-35-34(23-33)28-63-40-25-36-32(24-37(35)40)18-20-38-45(36)53-41(51-38)27-56(21-11-2)47(59)43(29(5)6)55-49(61)62-9/h10,14-20,23-26,29-31,43-44H,11-13,21-22,27-28H2,1-9H3,(H,50,52)(H,51,53)(H,54,58)(H,55,61). The van der Waals surface area contributed by atoms with Gasteiger partial charge in [0.1, 0.15) is 36.1 Å². The molecule has 6 rings (SSSR count). The Morgan fingerprint density at radius 2 is 1.68 bits per heavy atom. The number of rotatable bonds is 18. The first-order valence-electron chi connectivity index (χ1n) is 22.1. The highest BCUT2D eigenvalue weighted by molar-refractivity contribution is 6.07. The molecule has 0 radical (unpaired) electrons. The lowest BCUT2D eigenvalue weighted by Gasteiger charge is -2.33. The third-order valence-electron chi connectivity index (χ3n) is 11.6. The predicted molar refractivity (Wildman–Crippen MR) is 247 cm³/mol. The quantitative estimate of drug-likeness (QED) is 0.0633. The highest BCUT2D eigenvalue weighted by Crippen LogP contribution is 2.42. The Kier molecular flexibility index (Phi) is 15.1. The SMILES string of the molecule is CC=CC=CC(C)C(NC(=O)CC)C(=O)N(CCC)C(C)c1ncc(-c2ccc3c(c2)COc2cc4c(ccc5[nH]c(CN(CCC)C(=O)C(NC(=O)OC)C(C)C)nc54)cc2-3)[nH]1. The van der Waals surface area contributed by atoms with Crippen LogP contribution in [0.3, 0.4) is 0 Å². The number of methoxy groups -OCH3 is 1. The van der Waals surface area contributed by atoms with Crippen LogP contribution < -0.4 is 15.4 Å². The Bertz CT molecular complexity index is 2500. The van der Waals surface area contributed by atoms with Crippen LogP contribution in [-0.4, -0.2) is 85.8 Å². The van der Waals surface area contributed by atoms with E-state index < -0.39 is 18.2 Å². The van der Waals surface area contributed by atoms with Crippen molar-refractivity contribution in [2.75, 3.05) is 20.2 Å². The van der Waals surface area contributed by atoms with Crippen LogP contribution in [-0.2, 0) is 32.3 Å². The van der Waals surface area contributed by atoms with E-state index in [2.05, 4.69) is 50.9 Å². The molecule has 334 valence electrons. The van der Waals surface area contributed by atoms with Crippen LogP contribution >= 0.6 is 0 Å². The smallest absolute Gasteiger partial charge is 0.407 e. The lowest BCUT2D eigenvalue weighted by molar-refractivity contribution is -0.139. The van der Waals surface area contributed by atoms with Crippen LogP contribution in [0.25, 0.3) is 44.2 Å². The van der Waals surface area contributed by atoms with Crippen LogP contribution in [0.5, 0.6) is 5.75 Å². The van der Waals surface area contributed by atoms with Crippen molar-refractivity contribution in [1.29, 1.82) is 0 Å². The number of hydrogen-bond donors (Lipinski definition) is 4. The van der Waals surface area contributed by atoms with Crippen molar-refractivity contribution >= 4 is 45.6 Å². The van der Waals surface area contributed by atoms with Crippen molar-refractivity contribution in [3.63, 3.8) is 0 Å². The lowest BCUT2D eigenvalue weighted by Crippen LogP contribution is -2.52. The molecule has 3 aromatic carbocycles. The van der Waals surface area contributed by atoms with E-state index in [9.17, 15) is 19.2 Å². The molecule has 1 aliphatic rings. The maximum Gasteiger partial charge on any atom is 0.407 e. The number of nitrogens with zero attached hydrogens (tertiary/aromatic N) is 4. The maximum atomic E-state index is 14.2. The summed E-state index contributed by atoms with van der Waals surface area (Å²) < 4.78 is 11.2. The van der Waals surface area contributed by atoms with Gasteiger partial charge in [0.2, 0.25) is 17.7 Å². The van der Waals surface area contributed by atoms with Gasteiger partial charge in [-0.1, -0.05) is 84.0 Å². The maximum absolute atomic E-state index is 14.2. The Morgan fingerprint density at radius 3 is 2.38 bits per heavy atom. The number of alkyl carbamates (subject to hydrolysis) is 1. The molecule has 3 heterocycles. The van der Waals surface area contributed by atoms with Crippen molar-refractivity contribution < 1.29 is 28.7 Å². The number of ether oxygens (including phenoxy) is 2. The molecule has 0 saturated heterocycles. The second kappa shape index (κ2) is 20.6. The van der Waals surface area contributed by atoms with E-state index >= 15 is 0 Å². The molecule has 14 heteroatoms. The van der Waals surface area contributed by atoms with Gasteiger partial charge in [-0.3, -0.25) is 14.4 Å². The van der Waals surface area contributed by atoms with E-state index in [4.69, 9.17) is 19.4 Å². The fourth-order valence-electron chi connectivity index (χ4n) is 8.11. The highest BCUT2D eigenvalue weighted by Gasteiger charge is 2.33. The number of hydrogen-bond acceptors (Lipinski definition) is 8. The summed E-state index contributed by atoms with van der Waals surface area (Å²) in [6.07, 6.45) is 10.6. The van der Waals surface area contributed by atoms with E-state index in [1.807, 2.05) is 84.9 Å². The number of imidazole rings is 2. The average molecular weight is 859 g/mol. The van der Waals surface area contributed by atoms with E-state index in [1.165, 1.54) is 7.11 Å². The molecular formula is C49H62N8O6. The zero-order valence-electron chi connectivity index (χ0n) is 38.0. The fourth-order valence-corrected chi connectivity index (χ4v) is 8.11. The molecule has 14 nitrogen and oxygen atoms in total. The summed E-state index contributed by atoms with van der Waals surface area (Å²) in [6, 6.07) is 12.7. The summed E-state index contributed by atoms with van der Waals surface area (Å²) in [5, 5.41) is 7.60. The number of aromatic amines is 2. The third-order valence-corrected chi connectivity index (χ3v) is 11.6. The van der Waals surface area contributed by atoms with Gasteiger partial charge in [-0.15, -0.1) is 0 Å². The van der Waals surface area contributed by atoms with Gasteiger partial charge in [-0.05, 0) is 78.9 Å². The topological polar surface area (TPSA) is 175 Å². The van der Waals surface area contributed by atoms with Gasteiger partial charge < -0.3 is 39.9 Å². The van der Waals surface area contributed by atoms with Crippen molar-refractivity contribution in [3.8, 4) is 28.1 Å². The largest absolute Gasteiger partial charge is 0.488 e. The molecule has 1 aliphatic heterocycles. The second-order valence-corrected chi connectivity index (χ2v) is 16.6. The van der Waals surface area contributed by atoms with Gasteiger partial charge in [-0.2, -0.15) is 0 Å². The molecule has 63 heavy (non-hydrogen) atoms. The van der Waals surface area contributed by atoms with Crippen molar-refractivity contribution in [1.82, 2.24) is 40.4 Å². The number of carbonyl (C=O) groups is 4. The normalized spacial score (nSPS) is 14.3. The van der Waals surface area contributed by atoms with Crippen LogP contribution in [0.15, 0.2) is 73.0 Å². The minimum atomic E-state index is -0.734. The molecule has 0 spiro atoms. The van der Waals surface area contributed by atoms with Gasteiger partial charge in [-0.25, -0.2) is 14.8 Å². The highest BCUT2D eigenvalue weighted by atomic mass is 16.5. The molecule has 2 aromatic heterocycles. The van der Waals surface area contributed by atoms with Gasteiger partial charge >= 0.3 is 6.09 Å². The predicted octanol–water partition coefficient (Wildman–Crippen LogP) is 8.75. The van der Waals surface area contributed by atoms with Crippen LogP contribution in [0.1, 0.15) is 97.9 Å². The number of amides is 4. The van der Waals surface area contributed by atoms with Gasteiger partial charge in [0.25, 0.3) is 0 Å². The molecule has 0 fully saturated rings. The molecule has 5 aromatic rings. The van der Waals surface area contributed by atoms with Crippen molar-refractivity contribution in [3.05, 3.63) is 90.2 Å². The van der Waals surface area contributed by atoms with Crippen LogP contribution in [0.4, 0.5) is 4.79 Å². The average Bonchev–Trinajstić information content (AvgIpc) is 3.95. The first-order valence-corrected chi connectivity index (χ1v) is 22.1. The minimum absolute atomic E-state index is 0.141. The lowest BCUT2D eigenvalue weighted by atomic mass is 9.92. The van der Waals surface area contributed by atoms with Crippen LogP contribution in [0, 0.1) is 11.8 Å². The van der Waals surface area contributed by atoms with Crippen molar-refractivity contribution in [2.45, 2.75) is 106 Å². The van der Waals surface area contributed by atoms with E-state index in [0.29, 0.717) is 31.3 Å². The summed E-state index contributed by atoms with van der Waals surface area (Å²) >= 11 is 0. The number of H-pyrrole nitrogens is 2. The number of aromatic nitrogens is 4. The number of benzene rings is 3. The van der Waals surface area contributed by atoms with Gasteiger partial charge in [0, 0.05) is 36.4 Å². The van der Waals surface area contributed by atoms with E-state index in [0.717, 1.165) is 68.3 Å². The first-order chi connectivity index (χ1) is 30.3. The van der Waals surface area contributed by atoms with E-state index in [-0.39, 0.29) is 48.6 Å². The number of fused-ring (bicyclic) bond motifs is 6. The molecule has 4 unspecified atom stereocenters. The molecule has 0 bridgehead atoms. The Labute approximate surface area is 369 Å². The molecule has 0 aliphatic carbocycles. The first kappa shape index (κ1) is 46.1. The number of allylic oxidation sites excluding steroid dienone is 3. The summed E-state index contributed by atoms with van der Waals surface area (Å²) in [5.41, 5.74) is 6.49. The van der Waals surface area contributed by atoms with Crippen LogP contribution in [0.2, 0.25) is 0 Å². The Hall–Kier alpha value is -6.44. The second-order valence-electron chi connectivity index (χ2n) is 16.6. The zero-order valence-corrected chi connectivity index (χ0v) is 38.0. The third kappa shape index (κ3) is 10.3. The van der Waals surface area contributed by atoms with Crippen molar-refractivity contribution in [2.24, 2.45) is 11.8 Å². The molecule has 4 atom stereocenters. The fraction of sp³-hybridized carbons (Fsp3) is 0.429. The van der Waals surface area contributed by atoms with Gasteiger partial charge in [0.05, 0.1) is 42.6 Å². The summed E-state index contributed by atoms with van der Waals surface area (Å²) in [6.45, 7) is 17.1. The zero-order chi connectivity index (χ0) is 45.4. The summed E-state index contributed by atoms with van der Waals surface area (Å²) in [5.74, 6) is 1.18. The van der Waals surface area contributed by atoms with E-state index in [1.54, 1.807) is 22.9 Å².